The van der Waals surface area contributed by atoms with Crippen LogP contribution in [0.15, 0.2) is 24.3 Å². The number of ether oxygens (including phenoxy) is 2. The van der Waals surface area contributed by atoms with Crippen LogP contribution in [0.5, 0.6) is 0 Å². The molecule has 2 atom stereocenters. The van der Waals surface area contributed by atoms with Crippen LogP contribution in [0.4, 0.5) is 15.3 Å². The topological polar surface area (TPSA) is 181 Å². The summed E-state index contributed by atoms with van der Waals surface area (Å²) in [5.41, 5.74) is 6.34. The van der Waals surface area contributed by atoms with Gasteiger partial charge < -0.3 is 41.4 Å². The summed E-state index contributed by atoms with van der Waals surface area (Å²) in [6.45, 7) is 9.23. The smallest absolute Gasteiger partial charge is 0.409 e. The van der Waals surface area contributed by atoms with E-state index in [9.17, 15) is 24.0 Å². The molecule has 0 radical (unpaired) electrons. The van der Waals surface area contributed by atoms with Gasteiger partial charge in [-0.1, -0.05) is 39.8 Å². The lowest BCUT2D eigenvalue weighted by atomic mass is 10.0. The summed E-state index contributed by atoms with van der Waals surface area (Å²) in [7, 11) is 1.67. The van der Waals surface area contributed by atoms with Crippen LogP contribution in [0.2, 0.25) is 0 Å². The SMILES string of the molecule is CCCOCCC(=O)N[C@H](C(=O)N[C@@H](CCCNC(N)=O)C(=O)Nc1ccc(COC(=O)N(C)CCC)cc1)C(C)C. The van der Waals surface area contributed by atoms with E-state index in [2.05, 4.69) is 21.3 Å². The molecule has 0 saturated heterocycles. The first-order valence-corrected chi connectivity index (χ1v) is 14.5. The van der Waals surface area contributed by atoms with Crippen LogP contribution in [0, 0.1) is 5.92 Å². The third kappa shape index (κ3) is 14.7. The van der Waals surface area contributed by atoms with Crippen LogP contribution >= 0.6 is 0 Å². The summed E-state index contributed by atoms with van der Waals surface area (Å²) < 4.78 is 10.6. The molecule has 0 aliphatic rings. The van der Waals surface area contributed by atoms with Crippen molar-refractivity contribution in [2.45, 2.75) is 78.5 Å². The molecule has 6 N–H and O–H groups in total. The third-order valence-electron chi connectivity index (χ3n) is 6.14. The van der Waals surface area contributed by atoms with Gasteiger partial charge in [-0.05, 0) is 49.3 Å². The maximum Gasteiger partial charge on any atom is 0.409 e. The Morgan fingerprint density at radius 3 is 2.24 bits per heavy atom. The number of benzene rings is 1. The zero-order valence-electron chi connectivity index (χ0n) is 25.5. The summed E-state index contributed by atoms with van der Waals surface area (Å²) in [6, 6.07) is 4.29. The van der Waals surface area contributed by atoms with Gasteiger partial charge in [0.05, 0.1) is 6.61 Å². The Hall–Kier alpha value is -3.87. The van der Waals surface area contributed by atoms with E-state index in [-0.39, 0.29) is 44.4 Å². The zero-order chi connectivity index (χ0) is 31.5. The fraction of sp³-hybridized carbons (Fsp3) is 0.621. The van der Waals surface area contributed by atoms with E-state index in [1.54, 1.807) is 45.2 Å². The van der Waals surface area contributed by atoms with Crippen molar-refractivity contribution in [3.63, 3.8) is 0 Å². The van der Waals surface area contributed by atoms with Gasteiger partial charge in [0.1, 0.15) is 18.7 Å². The van der Waals surface area contributed by atoms with Crippen molar-refractivity contribution in [1.29, 1.82) is 0 Å². The van der Waals surface area contributed by atoms with E-state index in [1.165, 1.54) is 4.90 Å². The Morgan fingerprint density at radius 1 is 0.952 bits per heavy atom. The molecule has 0 aromatic heterocycles. The highest BCUT2D eigenvalue weighted by molar-refractivity contribution is 5.98. The van der Waals surface area contributed by atoms with Crippen molar-refractivity contribution < 1.29 is 33.4 Å². The van der Waals surface area contributed by atoms with E-state index < -0.39 is 36.0 Å². The molecular formula is C29H48N6O7. The number of rotatable bonds is 19. The Balaban J connectivity index is 2.85. The highest BCUT2D eigenvalue weighted by Crippen LogP contribution is 2.13. The number of amides is 6. The molecule has 0 saturated carbocycles. The number of carbonyl (C=O) groups is 5. The fourth-order valence-electron chi connectivity index (χ4n) is 3.84. The maximum atomic E-state index is 13.2. The largest absolute Gasteiger partial charge is 0.445 e. The summed E-state index contributed by atoms with van der Waals surface area (Å²) in [4.78, 5) is 63.3. The number of hydrogen-bond acceptors (Lipinski definition) is 7. The highest BCUT2D eigenvalue weighted by Gasteiger charge is 2.28. The molecule has 1 aromatic rings. The number of nitrogens with two attached hydrogens (primary N) is 1. The fourth-order valence-corrected chi connectivity index (χ4v) is 3.84. The second kappa shape index (κ2) is 20.1. The predicted molar refractivity (Wildman–Crippen MR) is 159 cm³/mol. The van der Waals surface area contributed by atoms with E-state index in [4.69, 9.17) is 15.2 Å². The Bertz CT molecular complexity index is 1000. The Labute approximate surface area is 248 Å². The number of primary amides is 1. The predicted octanol–water partition coefficient (Wildman–Crippen LogP) is 2.49. The van der Waals surface area contributed by atoms with Crippen molar-refractivity contribution in [2.24, 2.45) is 11.7 Å². The first kappa shape index (κ1) is 36.2. The van der Waals surface area contributed by atoms with Crippen LogP contribution in [0.3, 0.4) is 0 Å². The lowest BCUT2D eigenvalue weighted by Crippen LogP contribution is -2.54. The van der Waals surface area contributed by atoms with Crippen LogP contribution in [0.25, 0.3) is 0 Å². The van der Waals surface area contributed by atoms with E-state index in [0.717, 1.165) is 18.4 Å². The number of carbonyl (C=O) groups excluding carboxylic acids is 5. The monoisotopic (exact) mass is 592 g/mol. The molecule has 0 bridgehead atoms. The van der Waals surface area contributed by atoms with Gasteiger partial charge >= 0.3 is 12.1 Å². The molecular weight excluding hydrogens is 544 g/mol. The first-order chi connectivity index (χ1) is 20.0. The number of nitrogens with one attached hydrogen (secondary N) is 4. The van der Waals surface area contributed by atoms with E-state index in [0.29, 0.717) is 25.3 Å². The van der Waals surface area contributed by atoms with Gasteiger partial charge in [0.15, 0.2) is 0 Å². The maximum absolute atomic E-state index is 13.2. The van der Waals surface area contributed by atoms with Gasteiger partial charge in [-0.15, -0.1) is 0 Å². The van der Waals surface area contributed by atoms with Crippen LogP contribution in [-0.2, 0) is 30.5 Å². The summed E-state index contributed by atoms with van der Waals surface area (Å²) in [6.07, 6.45) is 1.94. The summed E-state index contributed by atoms with van der Waals surface area (Å²) in [5.74, 6) is -1.53. The lowest BCUT2D eigenvalue weighted by molar-refractivity contribution is -0.132. The number of hydrogen-bond donors (Lipinski definition) is 5. The van der Waals surface area contributed by atoms with Gasteiger partial charge in [0, 0.05) is 38.9 Å². The minimum absolute atomic E-state index is 0.0830. The molecule has 236 valence electrons. The molecule has 1 aromatic carbocycles. The molecule has 6 amide bonds. The van der Waals surface area contributed by atoms with Crippen molar-refractivity contribution in [3.05, 3.63) is 29.8 Å². The minimum Gasteiger partial charge on any atom is -0.445 e. The summed E-state index contributed by atoms with van der Waals surface area (Å²) in [5, 5.41) is 10.7. The van der Waals surface area contributed by atoms with Crippen molar-refractivity contribution >= 4 is 35.5 Å². The quantitative estimate of drug-likeness (QED) is 0.153. The van der Waals surface area contributed by atoms with Crippen molar-refractivity contribution in [2.75, 3.05) is 38.7 Å². The highest BCUT2D eigenvalue weighted by atomic mass is 16.6. The lowest BCUT2D eigenvalue weighted by Gasteiger charge is -2.25. The molecule has 1 rings (SSSR count). The molecule has 0 aliphatic carbocycles. The molecule has 13 nitrogen and oxygen atoms in total. The Morgan fingerprint density at radius 2 is 1.64 bits per heavy atom. The van der Waals surface area contributed by atoms with Crippen molar-refractivity contribution in [1.82, 2.24) is 20.9 Å². The average Bonchev–Trinajstić information content (AvgIpc) is 2.94. The van der Waals surface area contributed by atoms with E-state index >= 15 is 0 Å². The van der Waals surface area contributed by atoms with Crippen LogP contribution in [0.1, 0.15) is 65.4 Å². The number of urea groups is 1. The average molecular weight is 593 g/mol. The normalized spacial score (nSPS) is 12.1. The molecule has 0 aliphatic heterocycles. The minimum atomic E-state index is -0.951. The standard InChI is InChI=1S/C29H48N6O7/c1-6-16-35(5)29(40)42-19-21-10-12-22(13-11-21)32-26(37)23(9-8-15-31-28(30)39)33-27(38)25(20(3)4)34-24(36)14-18-41-17-7-2/h10-13,20,23,25H,6-9,14-19H2,1-5H3,(H,32,37)(H,33,38)(H,34,36)(H3,30,31,39)/t23-,25-/m0/s1. The van der Waals surface area contributed by atoms with Gasteiger partial charge in [-0.3, -0.25) is 14.4 Å². The van der Waals surface area contributed by atoms with Gasteiger partial charge in [0.2, 0.25) is 17.7 Å². The number of anilines is 1. The Kier molecular flexibility index (Phi) is 17.3. The molecule has 0 heterocycles. The van der Waals surface area contributed by atoms with Crippen molar-refractivity contribution in [3.8, 4) is 0 Å². The van der Waals surface area contributed by atoms with Gasteiger partial charge in [0.25, 0.3) is 0 Å². The molecule has 13 heteroatoms. The zero-order valence-corrected chi connectivity index (χ0v) is 25.5. The molecule has 0 fully saturated rings. The van der Waals surface area contributed by atoms with E-state index in [1.807, 2.05) is 13.8 Å². The first-order valence-electron chi connectivity index (χ1n) is 14.5. The van der Waals surface area contributed by atoms with Gasteiger partial charge in [-0.25, -0.2) is 9.59 Å². The molecule has 0 unspecified atom stereocenters. The third-order valence-corrected chi connectivity index (χ3v) is 6.14. The molecule has 42 heavy (non-hydrogen) atoms. The van der Waals surface area contributed by atoms with Gasteiger partial charge in [-0.2, -0.15) is 0 Å². The second-order valence-corrected chi connectivity index (χ2v) is 10.3. The van der Waals surface area contributed by atoms with Crippen LogP contribution < -0.4 is 27.0 Å². The second-order valence-electron chi connectivity index (χ2n) is 10.3. The number of nitrogens with zero attached hydrogens (tertiary/aromatic N) is 1. The summed E-state index contributed by atoms with van der Waals surface area (Å²) >= 11 is 0. The molecule has 0 spiro atoms. The van der Waals surface area contributed by atoms with Crippen LogP contribution in [-0.4, -0.2) is 80.2 Å².